The van der Waals surface area contributed by atoms with E-state index in [1.165, 1.54) is 61.2 Å². The molecular weight excluding hydrogens is 1750 g/mol. The molecule has 0 aliphatic rings. The molecule has 132 heavy (non-hydrogen) atoms. The predicted molar refractivity (Wildman–Crippen MR) is 512 cm³/mol. The van der Waals surface area contributed by atoms with Crippen molar-refractivity contribution in [2.45, 2.75) is 122 Å². The van der Waals surface area contributed by atoms with Crippen LogP contribution in [0, 0.1) is 0 Å². The maximum atomic E-state index is 13.1. The van der Waals surface area contributed by atoms with Gasteiger partial charge < -0.3 is 62.3 Å². The van der Waals surface area contributed by atoms with Gasteiger partial charge >= 0.3 is 0 Å². The van der Waals surface area contributed by atoms with Crippen LogP contribution in [-0.2, 0) is 65.4 Å². The summed E-state index contributed by atoms with van der Waals surface area (Å²) in [4.78, 5) is 35.0. The van der Waals surface area contributed by atoms with E-state index in [1.807, 2.05) is 48.8 Å². The van der Waals surface area contributed by atoms with Crippen LogP contribution in [0.4, 0.5) is 23.3 Å². The third-order valence-corrected chi connectivity index (χ3v) is 28.2. The van der Waals surface area contributed by atoms with Gasteiger partial charge in [-0.2, -0.15) is 0 Å². The summed E-state index contributed by atoms with van der Waals surface area (Å²) in [5, 5.41) is 21.2. The molecule has 0 aliphatic carbocycles. The fourth-order valence-electron chi connectivity index (χ4n) is 12.7. The highest BCUT2D eigenvalue weighted by Gasteiger charge is 2.27. The number of rotatable bonds is 28. The largest absolute Gasteiger partial charge is 0.382 e. The van der Waals surface area contributed by atoms with Crippen molar-refractivity contribution in [3.05, 3.63) is 265 Å². The number of hydrogen-bond donors (Lipinski definition) is 8. The van der Waals surface area contributed by atoms with Crippen LogP contribution in [0.5, 0.6) is 0 Å². The first-order valence-corrected chi connectivity index (χ1v) is 46.4. The molecule has 680 valence electrons. The summed E-state index contributed by atoms with van der Waals surface area (Å²) in [5.74, 6) is 1.62. The van der Waals surface area contributed by atoms with Crippen LogP contribution in [0.2, 0.25) is 0 Å². The zero-order chi connectivity index (χ0) is 109. The lowest BCUT2D eigenvalue weighted by Gasteiger charge is -2.09. The van der Waals surface area contributed by atoms with Crippen molar-refractivity contribution in [1.82, 2.24) is 81.8 Å². The predicted octanol–water partition coefficient (Wildman–Crippen LogP) is 15.8. The van der Waals surface area contributed by atoms with E-state index in [9.17, 15) is 33.7 Å². The fraction of sp³-hybridized carbons (Fsp3) is 0.208. The monoisotopic (exact) mass is 1870 g/mol. The quantitative estimate of drug-likeness (QED) is 0.0226. The van der Waals surface area contributed by atoms with Crippen molar-refractivity contribution >= 4 is 62.6 Å². The summed E-state index contributed by atoms with van der Waals surface area (Å²) in [7, 11) is -11.9. The minimum absolute atomic E-state index is 0.0596. The molecule has 0 unspecified atom stereocenters. The van der Waals surface area contributed by atoms with Gasteiger partial charge in [0.1, 0.15) is 22.8 Å². The number of nitrogen functional groups attached to an aromatic ring is 4. The van der Waals surface area contributed by atoms with Crippen molar-refractivity contribution < 1.29 is 75.1 Å². The second-order valence-electron chi connectivity index (χ2n) is 30.0. The maximum Gasteiger partial charge on any atom is 0.189 e. The van der Waals surface area contributed by atoms with Crippen molar-refractivity contribution in [2.24, 2.45) is 0 Å². The highest BCUT2D eigenvalue weighted by atomic mass is 32.2. The first-order chi connectivity index (χ1) is 69.7. The van der Waals surface area contributed by atoms with Crippen LogP contribution in [0.15, 0.2) is 281 Å². The number of nitrogens with one attached hydrogen (secondary N) is 4. The molecule has 0 fully saturated rings. The Balaban J connectivity index is 0.000000166. The number of anilines is 4. The van der Waals surface area contributed by atoms with Gasteiger partial charge in [-0.15, -0.1) is 0 Å². The number of aromatic nitrogens is 12. The maximum absolute atomic E-state index is 13.1. The summed E-state index contributed by atoms with van der Waals surface area (Å²) in [6.45, 7) is -5.31. The van der Waals surface area contributed by atoms with Crippen molar-refractivity contribution in [3.8, 4) is 136 Å². The van der Waals surface area contributed by atoms with Crippen LogP contribution in [-0.4, -0.2) is 143 Å². The first-order valence-electron chi connectivity index (χ1n) is 48.8. The SMILES string of the molecule is [2H]C([2H])(NC)c1ccc(-c2cc(-c3nc(-c4ccc(S(=O)(=O)C(C)C)cc4)cnc3N)on2)cc1.[2H]C([2H])([2H])C([2H])(C([2H])([2H])[2H])S(=O)(=O)c1ccc(-c2cnc(N)c(-c3cc(-c4ccc(CNC)cc4)no3)n2)cc1.[2H]C([2H])([2H])NC([2H])([2H])c1ccc(-c2cc(-c3nc(-c4ccc(S(=O)(=O)C(C)C)cc4)cnc3N)on2)cc1.[2H]C([2H])([2H])NCc1ccc(-c2cc(-c3nc(-c4ccc(S(=O)(=O)C(C)C)cc4)cnc3N)on2)cc1. The van der Waals surface area contributed by atoms with Crippen LogP contribution in [0.1, 0.15) is 101 Å². The number of hydrogen-bond acceptors (Lipinski definition) is 32. The van der Waals surface area contributed by atoms with Crippen LogP contribution >= 0.6 is 0 Å². The van der Waals surface area contributed by atoms with Crippen molar-refractivity contribution in [1.29, 1.82) is 0 Å². The van der Waals surface area contributed by atoms with Gasteiger partial charge in [0, 0.05) is 118 Å². The molecule has 16 rings (SSSR count). The number of sulfone groups is 4. The summed E-state index contributed by atoms with van der Waals surface area (Å²) >= 11 is 0. The molecule has 0 saturated heterocycles. The van der Waals surface area contributed by atoms with Crippen LogP contribution in [0.25, 0.3) is 136 Å². The summed E-state index contributed by atoms with van der Waals surface area (Å²) in [6, 6.07) is 58.4. The Bertz CT molecular complexity index is 7940. The van der Waals surface area contributed by atoms with Gasteiger partial charge in [-0.1, -0.05) is 166 Å². The molecule has 0 aliphatic heterocycles. The van der Waals surface area contributed by atoms with Gasteiger partial charge in [0.05, 0.1) is 88.1 Å². The Hall–Kier alpha value is -14.2. The third-order valence-electron chi connectivity index (χ3n) is 20.2. The number of nitrogens with zero attached hydrogens (tertiary/aromatic N) is 12. The van der Waals surface area contributed by atoms with E-state index < -0.39 is 106 Å². The molecule has 16 aromatic rings. The molecule has 36 heteroatoms. The normalized spacial score (nSPS) is 14.3. The second-order valence-corrected chi connectivity index (χ2v) is 39.4. The Morgan fingerprint density at radius 1 is 0.311 bits per heavy atom. The molecule has 0 atom stereocenters. The van der Waals surface area contributed by atoms with Crippen LogP contribution < -0.4 is 44.2 Å². The van der Waals surface area contributed by atoms with E-state index in [0.29, 0.717) is 96.1 Å². The standard InChI is InChI=1S/4C24H25N5O3S/c4*1-15(2)33(30,31)19-10-8-18(9-11-19)21-14-27-24(25)23(28-21)22-12-20(29-32-22)17-6-4-16(5-7-17)13-26-3/h4*4-12,14-15,26H,13H2,1-3H3,(H2,25,27)/i1D3,2D3,15D;3D3,13D2;13D2;3D3. The average Bonchev–Trinajstić information content (AvgIpc) is 1.70. The molecule has 32 nitrogen and oxygen atoms in total. The van der Waals surface area contributed by atoms with E-state index in [-0.39, 0.29) is 78.7 Å². The molecule has 0 amide bonds. The van der Waals surface area contributed by atoms with Gasteiger partial charge in [0.15, 0.2) is 108 Å². The zero-order valence-electron chi connectivity index (χ0n) is 88.9. The Morgan fingerprint density at radius 2 is 0.538 bits per heavy atom. The Labute approximate surface area is 789 Å². The first kappa shape index (κ1) is 74.5. The smallest absolute Gasteiger partial charge is 0.189 e. The molecule has 0 bridgehead atoms. The minimum atomic E-state index is -5.14. The number of benzene rings is 8. The molecule has 0 saturated carbocycles. The highest BCUT2D eigenvalue weighted by molar-refractivity contribution is 7.92. The molecule has 12 N–H and O–H groups in total. The lowest BCUT2D eigenvalue weighted by molar-refractivity contribution is 0.433. The summed E-state index contributed by atoms with van der Waals surface area (Å²) < 4.78 is 251. The van der Waals surface area contributed by atoms with Gasteiger partial charge in [0.2, 0.25) is 0 Å². The van der Waals surface area contributed by atoms with E-state index in [0.717, 1.165) is 46.5 Å². The van der Waals surface area contributed by atoms with Gasteiger partial charge in [-0.3, -0.25) is 0 Å². The molecule has 8 aromatic heterocycles. The van der Waals surface area contributed by atoms with Gasteiger partial charge in [0.25, 0.3) is 0 Å². The zero-order valence-corrected chi connectivity index (χ0v) is 75.2. The lowest BCUT2D eigenvalue weighted by atomic mass is 10.1. The molecule has 8 aromatic carbocycles. The molecular formula is C96H100N20O12S4. The fourth-order valence-corrected chi connectivity index (χ4v) is 16.6. The van der Waals surface area contributed by atoms with E-state index in [1.54, 1.807) is 182 Å². The Kier molecular flexibility index (Phi) is 23.5. The number of nitrogens with two attached hydrogens (primary N) is 4. The van der Waals surface area contributed by atoms with E-state index in [2.05, 4.69) is 76.4 Å². The minimum Gasteiger partial charge on any atom is -0.382 e. The average molecular weight is 1870 g/mol. The van der Waals surface area contributed by atoms with Crippen molar-refractivity contribution in [3.63, 3.8) is 0 Å². The molecule has 0 radical (unpaired) electrons. The molecule has 0 spiro atoms. The van der Waals surface area contributed by atoms with Crippen molar-refractivity contribution in [2.75, 3.05) is 51.0 Å². The Morgan fingerprint density at radius 3 is 0.773 bits per heavy atom. The van der Waals surface area contributed by atoms with E-state index in [4.69, 9.17) is 64.3 Å². The lowest BCUT2D eigenvalue weighted by Crippen LogP contribution is -2.13. The van der Waals surface area contributed by atoms with E-state index >= 15 is 0 Å². The summed E-state index contributed by atoms with van der Waals surface area (Å²) in [6.07, 6.45) is 5.84. The van der Waals surface area contributed by atoms with Gasteiger partial charge in [-0.25, -0.2) is 73.5 Å². The highest BCUT2D eigenvalue weighted by Crippen LogP contribution is 2.37. The molecule has 8 heterocycles. The third kappa shape index (κ3) is 22.3. The van der Waals surface area contributed by atoms with Gasteiger partial charge in [-0.05, 0) is 154 Å². The second kappa shape index (κ2) is 41.7. The van der Waals surface area contributed by atoms with Crippen LogP contribution in [0.3, 0.4) is 0 Å². The topological polar surface area (TPSA) is 496 Å². The summed E-state index contributed by atoms with van der Waals surface area (Å²) in [5.41, 5.74) is 36.8.